The fourth-order valence-electron chi connectivity index (χ4n) is 3.38. The van der Waals surface area contributed by atoms with Crippen LogP contribution in [-0.2, 0) is 14.3 Å². The Bertz CT molecular complexity index is 741. The summed E-state index contributed by atoms with van der Waals surface area (Å²) in [5.74, 6) is -0.512. The number of nitrogens with one attached hydrogen (secondary N) is 2. The number of unbranched alkanes of at least 4 members (excludes halogenated alkanes) is 4. The summed E-state index contributed by atoms with van der Waals surface area (Å²) in [4.78, 5) is 40.2. The van der Waals surface area contributed by atoms with Gasteiger partial charge in [0.15, 0.2) is 0 Å². The maximum atomic E-state index is 13.3. The van der Waals surface area contributed by atoms with Gasteiger partial charge in [-0.25, -0.2) is 4.79 Å². The molecule has 33 heavy (non-hydrogen) atoms. The number of carbonyl (C=O) groups is 3. The van der Waals surface area contributed by atoms with Crippen LogP contribution in [-0.4, -0.2) is 48.0 Å². The van der Waals surface area contributed by atoms with Crippen LogP contribution < -0.4 is 10.6 Å². The number of carbonyl (C=O) groups excluding carboxylic acids is 3. The molecular weight excluding hydrogens is 418 g/mol. The smallest absolute Gasteiger partial charge is 0.408 e. The minimum Gasteiger partial charge on any atom is -0.444 e. The first-order chi connectivity index (χ1) is 15.6. The Morgan fingerprint density at radius 3 is 2.15 bits per heavy atom. The summed E-state index contributed by atoms with van der Waals surface area (Å²) in [5.41, 5.74) is 1.18. The van der Waals surface area contributed by atoms with Gasteiger partial charge in [0.25, 0.3) is 0 Å². The van der Waals surface area contributed by atoms with Crippen molar-refractivity contribution in [1.82, 2.24) is 15.5 Å². The van der Waals surface area contributed by atoms with Gasteiger partial charge < -0.3 is 20.3 Å². The molecule has 0 saturated heterocycles. The van der Waals surface area contributed by atoms with Crippen molar-refractivity contribution >= 4 is 17.9 Å². The van der Waals surface area contributed by atoms with E-state index in [1.807, 2.05) is 31.2 Å². The van der Waals surface area contributed by atoms with Crippen molar-refractivity contribution in [3.05, 3.63) is 35.4 Å². The molecule has 7 heteroatoms. The number of nitrogens with zero attached hydrogens (tertiary/aromatic N) is 1. The van der Waals surface area contributed by atoms with Crippen LogP contribution in [0.2, 0.25) is 0 Å². The van der Waals surface area contributed by atoms with E-state index in [0.29, 0.717) is 13.1 Å². The SMILES string of the molecule is CCCCCCN(C(=O)CNC(=O)OC(C)(C)C)C(C(=O)NCCCC)c1ccc(C)cc1. The van der Waals surface area contributed by atoms with Crippen molar-refractivity contribution in [2.75, 3.05) is 19.6 Å². The summed E-state index contributed by atoms with van der Waals surface area (Å²) >= 11 is 0. The third-order valence-corrected chi connectivity index (χ3v) is 5.14. The predicted octanol–water partition coefficient (Wildman–Crippen LogP) is 4.89. The molecule has 0 spiro atoms. The average molecular weight is 462 g/mol. The highest BCUT2D eigenvalue weighted by molar-refractivity contribution is 5.90. The van der Waals surface area contributed by atoms with Crippen molar-refractivity contribution in [2.45, 2.75) is 91.7 Å². The Kier molecular flexibility index (Phi) is 12.6. The molecule has 0 fully saturated rings. The molecular formula is C26H43N3O4. The molecule has 7 nitrogen and oxygen atoms in total. The normalized spacial score (nSPS) is 12.1. The molecule has 1 aromatic rings. The maximum Gasteiger partial charge on any atom is 0.408 e. The minimum atomic E-state index is -0.753. The lowest BCUT2D eigenvalue weighted by Gasteiger charge is -2.32. The van der Waals surface area contributed by atoms with Gasteiger partial charge >= 0.3 is 6.09 Å². The van der Waals surface area contributed by atoms with Crippen LogP contribution in [0.5, 0.6) is 0 Å². The van der Waals surface area contributed by atoms with Crippen LogP contribution in [0.25, 0.3) is 0 Å². The summed E-state index contributed by atoms with van der Waals surface area (Å²) < 4.78 is 5.25. The number of benzene rings is 1. The first-order valence-electron chi connectivity index (χ1n) is 12.2. The highest BCUT2D eigenvalue weighted by Gasteiger charge is 2.31. The zero-order chi connectivity index (χ0) is 24.9. The van der Waals surface area contributed by atoms with Gasteiger partial charge in [-0.1, -0.05) is 69.4 Å². The molecule has 1 rings (SSSR count). The summed E-state index contributed by atoms with van der Waals surface area (Å²) in [6.45, 7) is 12.2. The quantitative estimate of drug-likeness (QED) is 0.410. The second-order valence-corrected chi connectivity index (χ2v) is 9.46. The van der Waals surface area contributed by atoms with Gasteiger partial charge in [-0.05, 0) is 46.1 Å². The Balaban J connectivity index is 3.11. The molecule has 0 radical (unpaired) electrons. The monoisotopic (exact) mass is 461 g/mol. The molecule has 0 aromatic heterocycles. The first kappa shape index (κ1) is 28.5. The van der Waals surface area contributed by atoms with E-state index in [1.54, 1.807) is 25.7 Å². The third-order valence-electron chi connectivity index (χ3n) is 5.14. The van der Waals surface area contributed by atoms with Crippen LogP contribution in [0.3, 0.4) is 0 Å². The Morgan fingerprint density at radius 2 is 1.58 bits per heavy atom. The fourth-order valence-corrected chi connectivity index (χ4v) is 3.38. The molecule has 0 bridgehead atoms. The molecule has 0 aliphatic heterocycles. The Labute approximate surface area is 199 Å². The van der Waals surface area contributed by atoms with Gasteiger partial charge in [0.2, 0.25) is 11.8 Å². The molecule has 0 saturated carbocycles. The van der Waals surface area contributed by atoms with Crippen LogP contribution in [0.15, 0.2) is 24.3 Å². The summed E-state index contributed by atoms with van der Waals surface area (Å²) in [5, 5.41) is 5.53. The highest BCUT2D eigenvalue weighted by atomic mass is 16.6. The predicted molar refractivity (Wildman–Crippen MR) is 132 cm³/mol. The molecule has 1 unspecified atom stereocenters. The number of amides is 3. The average Bonchev–Trinajstić information content (AvgIpc) is 2.74. The highest BCUT2D eigenvalue weighted by Crippen LogP contribution is 2.23. The number of hydrogen-bond donors (Lipinski definition) is 2. The first-order valence-corrected chi connectivity index (χ1v) is 12.2. The molecule has 2 N–H and O–H groups in total. The second-order valence-electron chi connectivity index (χ2n) is 9.46. The van der Waals surface area contributed by atoms with Crippen molar-refractivity contribution < 1.29 is 19.1 Å². The van der Waals surface area contributed by atoms with Crippen LogP contribution >= 0.6 is 0 Å². The van der Waals surface area contributed by atoms with Gasteiger partial charge in [0.05, 0.1) is 0 Å². The lowest BCUT2D eigenvalue weighted by Crippen LogP contribution is -2.48. The summed E-state index contributed by atoms with van der Waals surface area (Å²) in [6, 6.07) is 6.93. The van der Waals surface area contributed by atoms with E-state index in [0.717, 1.165) is 49.7 Å². The molecule has 1 aromatic carbocycles. The molecule has 3 amide bonds. The van der Waals surface area contributed by atoms with E-state index in [2.05, 4.69) is 24.5 Å². The second kappa shape index (κ2) is 14.6. The summed E-state index contributed by atoms with van der Waals surface area (Å²) in [6.07, 6.45) is 5.09. The van der Waals surface area contributed by atoms with Crippen molar-refractivity contribution in [1.29, 1.82) is 0 Å². The zero-order valence-electron chi connectivity index (χ0n) is 21.3. The van der Waals surface area contributed by atoms with E-state index < -0.39 is 17.7 Å². The number of ether oxygens (including phenoxy) is 1. The number of aryl methyl sites for hydroxylation is 1. The maximum absolute atomic E-state index is 13.3. The number of hydrogen-bond acceptors (Lipinski definition) is 4. The van der Waals surface area contributed by atoms with Gasteiger partial charge in [0.1, 0.15) is 18.2 Å². The third kappa shape index (κ3) is 11.2. The van der Waals surface area contributed by atoms with Crippen molar-refractivity contribution in [3.8, 4) is 0 Å². The van der Waals surface area contributed by atoms with Gasteiger partial charge in [-0.3, -0.25) is 9.59 Å². The molecule has 1 atom stereocenters. The standard InChI is InChI=1S/C26H43N3O4/c1-7-9-11-12-18-29(22(30)19-28-25(32)33-26(4,5)6)23(24(31)27-17-10-8-2)21-15-13-20(3)14-16-21/h13-16,23H,7-12,17-19H2,1-6H3,(H,27,31)(H,28,32). The van der Waals surface area contributed by atoms with E-state index in [-0.39, 0.29) is 18.4 Å². The molecule has 0 aliphatic carbocycles. The number of rotatable bonds is 13. The van der Waals surface area contributed by atoms with E-state index in [9.17, 15) is 14.4 Å². The topological polar surface area (TPSA) is 87.7 Å². The van der Waals surface area contributed by atoms with Gasteiger partial charge in [-0.15, -0.1) is 0 Å². The van der Waals surface area contributed by atoms with Gasteiger partial charge in [0, 0.05) is 13.1 Å². The largest absolute Gasteiger partial charge is 0.444 e. The van der Waals surface area contributed by atoms with E-state index in [1.165, 1.54) is 0 Å². The Hall–Kier alpha value is -2.57. The van der Waals surface area contributed by atoms with Crippen molar-refractivity contribution in [3.63, 3.8) is 0 Å². The van der Waals surface area contributed by atoms with E-state index >= 15 is 0 Å². The van der Waals surface area contributed by atoms with Crippen LogP contribution in [0.4, 0.5) is 4.79 Å². The molecule has 186 valence electrons. The van der Waals surface area contributed by atoms with Crippen LogP contribution in [0.1, 0.15) is 90.3 Å². The number of alkyl carbamates (subject to hydrolysis) is 1. The Morgan fingerprint density at radius 1 is 0.939 bits per heavy atom. The summed E-state index contributed by atoms with van der Waals surface area (Å²) in [7, 11) is 0. The van der Waals surface area contributed by atoms with Crippen LogP contribution in [0, 0.1) is 6.92 Å². The van der Waals surface area contributed by atoms with Gasteiger partial charge in [-0.2, -0.15) is 0 Å². The molecule has 0 heterocycles. The van der Waals surface area contributed by atoms with Crippen molar-refractivity contribution in [2.24, 2.45) is 0 Å². The molecule has 0 aliphatic rings. The minimum absolute atomic E-state index is 0.201. The van der Waals surface area contributed by atoms with E-state index in [4.69, 9.17) is 4.74 Å². The lowest BCUT2D eigenvalue weighted by atomic mass is 10.0. The fraction of sp³-hybridized carbons (Fsp3) is 0.654. The zero-order valence-corrected chi connectivity index (χ0v) is 21.3. The lowest BCUT2D eigenvalue weighted by molar-refractivity contribution is -0.140.